The third kappa shape index (κ3) is 3.92. The Labute approximate surface area is 129 Å². The van der Waals surface area contributed by atoms with Crippen LogP contribution in [0.15, 0.2) is 36.4 Å². The van der Waals surface area contributed by atoms with Crippen LogP contribution in [0.3, 0.4) is 0 Å². The van der Waals surface area contributed by atoms with Crippen molar-refractivity contribution in [2.24, 2.45) is 5.73 Å². The lowest BCUT2D eigenvalue weighted by Crippen LogP contribution is -2.24. The number of unbranched alkanes of at least 4 members (excludes halogenated alkanes) is 1. The Morgan fingerprint density at radius 1 is 1.19 bits per heavy atom. The molecule has 0 aliphatic rings. The lowest BCUT2D eigenvalue weighted by Gasteiger charge is -2.09. The van der Waals surface area contributed by atoms with E-state index in [2.05, 4.69) is 5.32 Å². The van der Waals surface area contributed by atoms with E-state index in [1.807, 2.05) is 24.3 Å². The molecule has 0 heterocycles. The number of benzene rings is 2. The molecule has 0 radical (unpaired) electrons. The van der Waals surface area contributed by atoms with Crippen LogP contribution in [0.1, 0.15) is 29.6 Å². The Kier molecular flexibility index (Phi) is 5.11. The first-order valence-electron chi connectivity index (χ1n) is 6.87. The number of phenols is 1. The fourth-order valence-corrected chi connectivity index (χ4v) is 2.30. The smallest absolute Gasteiger partial charge is 0.255 e. The van der Waals surface area contributed by atoms with Gasteiger partial charge in [-0.15, -0.1) is 0 Å². The molecule has 4 nitrogen and oxygen atoms in total. The Morgan fingerprint density at radius 2 is 1.95 bits per heavy atom. The van der Waals surface area contributed by atoms with E-state index < -0.39 is 0 Å². The van der Waals surface area contributed by atoms with Crippen molar-refractivity contribution in [3.63, 3.8) is 0 Å². The van der Waals surface area contributed by atoms with Crippen molar-refractivity contribution in [1.82, 2.24) is 5.32 Å². The van der Waals surface area contributed by atoms with Gasteiger partial charge in [0.2, 0.25) is 0 Å². The molecule has 0 aliphatic heterocycles. The van der Waals surface area contributed by atoms with Gasteiger partial charge in [-0.1, -0.05) is 42.5 Å². The molecule has 0 bridgehead atoms. The summed E-state index contributed by atoms with van der Waals surface area (Å²) in [4.78, 5) is 12.6. The predicted molar refractivity (Wildman–Crippen MR) is 88.6 cm³/mol. The first kappa shape index (κ1) is 15.3. The summed E-state index contributed by atoms with van der Waals surface area (Å²) in [6.07, 6.45) is 2.34. The van der Waals surface area contributed by atoms with E-state index in [1.54, 1.807) is 12.1 Å². The molecule has 0 fully saturated rings. The first-order valence-corrected chi connectivity index (χ1v) is 7.27. The maximum Gasteiger partial charge on any atom is 0.255 e. The van der Waals surface area contributed by atoms with Crippen LogP contribution in [0.25, 0.3) is 10.8 Å². The van der Waals surface area contributed by atoms with Crippen molar-refractivity contribution in [1.29, 1.82) is 0 Å². The van der Waals surface area contributed by atoms with Gasteiger partial charge in [0.15, 0.2) is 0 Å². The Morgan fingerprint density at radius 3 is 2.71 bits per heavy atom. The van der Waals surface area contributed by atoms with Gasteiger partial charge in [-0.05, 0) is 30.7 Å². The van der Waals surface area contributed by atoms with Crippen molar-refractivity contribution >= 4 is 33.9 Å². The zero-order valence-corrected chi connectivity index (χ0v) is 12.5. The van der Waals surface area contributed by atoms with Gasteiger partial charge < -0.3 is 16.2 Å². The predicted octanol–water partition coefficient (Wildman–Crippen LogP) is 2.73. The van der Waals surface area contributed by atoms with Crippen LogP contribution in [0.5, 0.6) is 5.75 Å². The van der Waals surface area contributed by atoms with Crippen LogP contribution in [-0.2, 0) is 0 Å². The van der Waals surface area contributed by atoms with Crippen LogP contribution in [0.4, 0.5) is 0 Å². The summed E-state index contributed by atoms with van der Waals surface area (Å²) in [6, 6.07) is 10.9. The van der Waals surface area contributed by atoms with Gasteiger partial charge in [-0.25, -0.2) is 0 Å². The van der Waals surface area contributed by atoms with Crippen LogP contribution in [-0.4, -0.2) is 22.5 Å². The van der Waals surface area contributed by atoms with E-state index in [1.165, 1.54) is 0 Å². The summed E-state index contributed by atoms with van der Waals surface area (Å²) in [6.45, 7) is 0.535. The number of aromatic hydroxyl groups is 1. The van der Waals surface area contributed by atoms with Crippen molar-refractivity contribution < 1.29 is 9.90 Å². The summed E-state index contributed by atoms with van der Waals surface area (Å²) in [5, 5.41) is 14.6. The molecule has 0 saturated heterocycles. The number of hydrogen-bond donors (Lipinski definition) is 3. The quantitative estimate of drug-likeness (QED) is 0.566. The second-order valence-corrected chi connectivity index (χ2v) is 5.39. The van der Waals surface area contributed by atoms with E-state index in [9.17, 15) is 9.90 Å². The average Bonchev–Trinajstić information content (AvgIpc) is 2.47. The van der Waals surface area contributed by atoms with Gasteiger partial charge in [-0.2, -0.15) is 0 Å². The largest absolute Gasteiger partial charge is 0.506 e. The fraction of sp³-hybridized carbons (Fsp3) is 0.250. The standard InChI is InChI=1S/C16H18N2O2S/c17-14(21)7-3-4-10-18-16(20)13-9-8-11-5-1-2-6-12(11)15(13)19/h1-2,5-6,8-9,19H,3-4,7,10H2,(H2,17,21)(H,18,20). The minimum absolute atomic E-state index is 0.0220. The lowest BCUT2D eigenvalue weighted by atomic mass is 10.0. The highest BCUT2D eigenvalue weighted by atomic mass is 32.1. The molecule has 2 aromatic rings. The van der Waals surface area contributed by atoms with Gasteiger partial charge in [0.25, 0.3) is 5.91 Å². The molecule has 2 aromatic carbocycles. The molecule has 0 spiro atoms. The Hall–Kier alpha value is -2.14. The van der Waals surface area contributed by atoms with Gasteiger partial charge >= 0.3 is 0 Å². The van der Waals surface area contributed by atoms with Gasteiger partial charge in [0.05, 0.1) is 10.6 Å². The molecule has 1 amide bonds. The molecule has 5 heteroatoms. The molecule has 0 atom stereocenters. The van der Waals surface area contributed by atoms with Crippen molar-refractivity contribution in [3.8, 4) is 5.75 Å². The second kappa shape index (κ2) is 7.04. The number of amides is 1. The van der Waals surface area contributed by atoms with Gasteiger partial charge in [0.1, 0.15) is 5.75 Å². The van der Waals surface area contributed by atoms with Crippen molar-refractivity contribution in [2.45, 2.75) is 19.3 Å². The van der Waals surface area contributed by atoms with Gasteiger partial charge in [0, 0.05) is 11.9 Å². The van der Waals surface area contributed by atoms with E-state index in [4.69, 9.17) is 18.0 Å². The van der Waals surface area contributed by atoms with Gasteiger partial charge in [-0.3, -0.25) is 4.79 Å². The molecular formula is C16H18N2O2S. The molecule has 110 valence electrons. The van der Waals surface area contributed by atoms with Crippen LogP contribution >= 0.6 is 12.2 Å². The molecule has 4 N–H and O–H groups in total. The third-order valence-corrected chi connectivity index (χ3v) is 3.48. The summed E-state index contributed by atoms with van der Waals surface area (Å²) in [5.41, 5.74) is 5.70. The number of hydrogen-bond acceptors (Lipinski definition) is 3. The van der Waals surface area contributed by atoms with E-state index in [0.29, 0.717) is 28.9 Å². The summed E-state index contributed by atoms with van der Waals surface area (Å²) >= 11 is 4.79. The second-order valence-electron chi connectivity index (χ2n) is 4.86. The molecule has 0 aliphatic carbocycles. The number of carbonyl (C=O) groups is 1. The first-order chi connectivity index (χ1) is 10.1. The number of rotatable bonds is 6. The maximum absolute atomic E-state index is 12.1. The monoisotopic (exact) mass is 302 g/mol. The van der Waals surface area contributed by atoms with Crippen molar-refractivity contribution in [2.75, 3.05) is 6.54 Å². The minimum atomic E-state index is -0.270. The number of thiocarbonyl (C=S) groups is 1. The zero-order chi connectivity index (χ0) is 15.2. The lowest BCUT2D eigenvalue weighted by molar-refractivity contribution is 0.0950. The van der Waals surface area contributed by atoms with Crippen LogP contribution in [0, 0.1) is 0 Å². The number of nitrogens with one attached hydrogen (secondary N) is 1. The van der Waals surface area contributed by atoms with Crippen LogP contribution in [0.2, 0.25) is 0 Å². The number of nitrogens with two attached hydrogens (primary N) is 1. The molecule has 0 saturated carbocycles. The van der Waals surface area contributed by atoms with Crippen LogP contribution < -0.4 is 11.1 Å². The Balaban J connectivity index is 1.99. The summed E-state index contributed by atoms with van der Waals surface area (Å²) < 4.78 is 0. The maximum atomic E-state index is 12.1. The zero-order valence-electron chi connectivity index (χ0n) is 11.6. The van der Waals surface area contributed by atoms with E-state index in [0.717, 1.165) is 18.2 Å². The highest BCUT2D eigenvalue weighted by Gasteiger charge is 2.12. The highest BCUT2D eigenvalue weighted by Crippen LogP contribution is 2.28. The third-order valence-electron chi connectivity index (χ3n) is 3.28. The topological polar surface area (TPSA) is 75.3 Å². The van der Waals surface area contributed by atoms with Crippen molar-refractivity contribution in [3.05, 3.63) is 42.0 Å². The number of phenolic OH excluding ortho intramolecular Hbond substituents is 1. The van der Waals surface area contributed by atoms with E-state index in [-0.39, 0.29) is 11.7 Å². The summed E-state index contributed by atoms with van der Waals surface area (Å²) in [5.74, 6) is -0.248. The Bertz CT molecular complexity index is 670. The number of carbonyl (C=O) groups excluding carboxylic acids is 1. The van der Waals surface area contributed by atoms with E-state index >= 15 is 0 Å². The molecule has 0 aromatic heterocycles. The normalized spacial score (nSPS) is 10.5. The molecule has 2 rings (SSSR count). The number of fused-ring (bicyclic) bond motifs is 1. The minimum Gasteiger partial charge on any atom is -0.506 e. The molecular weight excluding hydrogens is 284 g/mol. The summed E-state index contributed by atoms with van der Waals surface area (Å²) in [7, 11) is 0. The fourth-order valence-electron chi connectivity index (χ4n) is 2.16. The molecule has 21 heavy (non-hydrogen) atoms. The highest BCUT2D eigenvalue weighted by molar-refractivity contribution is 7.80. The SMILES string of the molecule is NC(=S)CCCCNC(=O)c1ccc2ccccc2c1O. The molecule has 0 unspecified atom stereocenters. The average molecular weight is 302 g/mol.